The molecule has 0 bridgehead atoms. The second-order valence-corrected chi connectivity index (χ2v) is 2.01. The van der Waals surface area contributed by atoms with Gasteiger partial charge in [-0.15, -0.1) is 0 Å². The van der Waals surface area contributed by atoms with Gasteiger partial charge < -0.3 is 22.0 Å². The Morgan fingerprint density at radius 1 is 1.64 bits per heavy atom. The van der Waals surface area contributed by atoms with Gasteiger partial charge in [0.05, 0.1) is 19.3 Å². The highest BCUT2D eigenvalue weighted by Gasteiger charge is 2.00. The number of rotatable bonds is 3. The Labute approximate surface area is 63.8 Å². The zero-order valence-electron chi connectivity index (χ0n) is 5.99. The largest absolute Gasteiger partial charge is 0.394 e. The van der Waals surface area contributed by atoms with Crippen molar-refractivity contribution in [1.29, 1.82) is 0 Å². The van der Waals surface area contributed by atoms with Gasteiger partial charge in [-0.3, -0.25) is 0 Å². The molecular formula is C5H11N5O. The highest BCUT2D eigenvalue weighted by molar-refractivity contribution is 5.37. The molecule has 0 saturated carbocycles. The molecule has 0 aromatic carbocycles. The van der Waals surface area contributed by atoms with Crippen molar-refractivity contribution in [1.82, 2.24) is 9.66 Å². The molecule has 1 heterocycles. The first-order valence-corrected chi connectivity index (χ1v) is 3.19. The molecule has 0 spiro atoms. The maximum absolute atomic E-state index is 8.47. The van der Waals surface area contributed by atoms with Crippen LogP contribution in [-0.4, -0.2) is 27.9 Å². The number of nitrogens with one attached hydrogen (secondary N) is 1. The summed E-state index contributed by atoms with van der Waals surface area (Å²) in [6, 6.07) is 0. The van der Waals surface area contributed by atoms with Gasteiger partial charge in [0.1, 0.15) is 5.82 Å². The number of nitrogen functional groups attached to an aromatic ring is 2. The van der Waals surface area contributed by atoms with Crippen LogP contribution >= 0.6 is 0 Å². The van der Waals surface area contributed by atoms with E-state index in [1.807, 2.05) is 0 Å². The number of anilines is 2. The number of nitrogens with two attached hydrogens (primary N) is 2. The Kier molecular flexibility index (Phi) is 2.17. The van der Waals surface area contributed by atoms with Gasteiger partial charge >= 0.3 is 0 Å². The molecular weight excluding hydrogens is 146 g/mol. The lowest BCUT2D eigenvalue weighted by Crippen LogP contribution is -2.21. The summed E-state index contributed by atoms with van der Waals surface area (Å²) < 4.78 is 1.41. The van der Waals surface area contributed by atoms with Crippen LogP contribution in [0.15, 0.2) is 6.20 Å². The van der Waals surface area contributed by atoms with Crippen LogP contribution in [0.3, 0.4) is 0 Å². The molecule has 0 aliphatic heterocycles. The van der Waals surface area contributed by atoms with Gasteiger partial charge in [-0.1, -0.05) is 0 Å². The molecule has 0 fully saturated rings. The first kappa shape index (κ1) is 7.67. The summed E-state index contributed by atoms with van der Waals surface area (Å²) in [5.74, 6) is 0.715. The summed E-state index contributed by atoms with van der Waals surface area (Å²) in [5, 5.41) is 8.47. The molecule has 0 aliphatic carbocycles. The van der Waals surface area contributed by atoms with Crippen LogP contribution in [-0.2, 0) is 0 Å². The van der Waals surface area contributed by atoms with Crippen LogP contribution in [0.4, 0.5) is 11.8 Å². The molecule has 6 N–H and O–H groups in total. The smallest absolute Gasteiger partial charge is 0.221 e. The van der Waals surface area contributed by atoms with Gasteiger partial charge in [0.2, 0.25) is 5.95 Å². The number of nitrogens with zero attached hydrogens (tertiary/aromatic N) is 2. The van der Waals surface area contributed by atoms with E-state index in [-0.39, 0.29) is 12.6 Å². The highest BCUT2D eigenvalue weighted by Crippen LogP contribution is 2.04. The van der Waals surface area contributed by atoms with Crippen molar-refractivity contribution in [3.63, 3.8) is 0 Å². The number of imidazole rings is 1. The van der Waals surface area contributed by atoms with Crippen molar-refractivity contribution < 1.29 is 5.11 Å². The Morgan fingerprint density at radius 3 is 2.82 bits per heavy atom. The number of aliphatic hydroxyl groups excluding tert-OH is 1. The Hall–Kier alpha value is -1.43. The van der Waals surface area contributed by atoms with E-state index in [0.717, 1.165) is 0 Å². The average Bonchev–Trinajstić information content (AvgIpc) is 2.29. The van der Waals surface area contributed by atoms with E-state index in [9.17, 15) is 0 Å². The second kappa shape index (κ2) is 3.11. The third kappa shape index (κ3) is 1.53. The monoisotopic (exact) mass is 157 g/mol. The molecule has 6 nitrogen and oxygen atoms in total. The van der Waals surface area contributed by atoms with Crippen molar-refractivity contribution in [2.75, 3.05) is 30.0 Å². The van der Waals surface area contributed by atoms with Gasteiger partial charge in [-0.05, 0) is 0 Å². The Morgan fingerprint density at radius 2 is 2.36 bits per heavy atom. The second-order valence-electron chi connectivity index (χ2n) is 2.01. The zero-order valence-corrected chi connectivity index (χ0v) is 5.99. The van der Waals surface area contributed by atoms with Crippen molar-refractivity contribution in [2.45, 2.75) is 0 Å². The minimum Gasteiger partial charge on any atom is -0.394 e. The topological polar surface area (TPSA) is 102 Å². The summed E-state index contributed by atoms with van der Waals surface area (Å²) >= 11 is 0. The average molecular weight is 157 g/mol. The van der Waals surface area contributed by atoms with Crippen LogP contribution in [0.2, 0.25) is 0 Å². The van der Waals surface area contributed by atoms with E-state index in [2.05, 4.69) is 10.4 Å². The molecule has 6 heteroatoms. The molecule has 0 amide bonds. The normalized spacial score (nSPS) is 9.91. The van der Waals surface area contributed by atoms with Gasteiger partial charge in [0, 0.05) is 0 Å². The third-order valence-corrected chi connectivity index (χ3v) is 1.20. The number of hydrogen-bond donors (Lipinski definition) is 4. The minimum absolute atomic E-state index is 0.0249. The van der Waals surface area contributed by atoms with Crippen LogP contribution in [0.25, 0.3) is 0 Å². The standard InChI is InChI=1S/C5H11N5O/c6-4-3-8-5(7)10(4)9-1-2-11/h3,9,11H,1-2,6H2,(H2,7,8). The molecule has 1 rings (SSSR count). The molecule has 1 aromatic rings. The lowest BCUT2D eigenvalue weighted by atomic mass is 10.7. The van der Waals surface area contributed by atoms with Crippen molar-refractivity contribution >= 4 is 11.8 Å². The Balaban J connectivity index is 2.67. The lowest BCUT2D eigenvalue weighted by Gasteiger charge is -2.07. The highest BCUT2D eigenvalue weighted by atomic mass is 16.3. The quantitative estimate of drug-likeness (QED) is 0.431. The first-order valence-electron chi connectivity index (χ1n) is 3.19. The molecule has 11 heavy (non-hydrogen) atoms. The summed E-state index contributed by atoms with van der Waals surface area (Å²) in [5.41, 5.74) is 13.6. The maximum Gasteiger partial charge on any atom is 0.221 e. The van der Waals surface area contributed by atoms with E-state index >= 15 is 0 Å². The zero-order chi connectivity index (χ0) is 8.27. The Bertz CT molecular complexity index is 213. The summed E-state index contributed by atoms with van der Waals surface area (Å²) in [7, 11) is 0. The van der Waals surface area contributed by atoms with E-state index in [1.165, 1.54) is 10.9 Å². The van der Waals surface area contributed by atoms with Crippen LogP contribution in [0.1, 0.15) is 0 Å². The number of hydrogen-bond acceptors (Lipinski definition) is 5. The fourth-order valence-corrected chi connectivity index (χ4v) is 0.714. The fourth-order valence-electron chi connectivity index (χ4n) is 0.714. The fraction of sp³-hybridized carbons (Fsp3) is 0.400. The van der Waals surface area contributed by atoms with E-state index < -0.39 is 0 Å². The third-order valence-electron chi connectivity index (χ3n) is 1.20. The molecule has 0 aliphatic rings. The van der Waals surface area contributed by atoms with Crippen LogP contribution in [0.5, 0.6) is 0 Å². The van der Waals surface area contributed by atoms with Gasteiger partial charge in [0.15, 0.2) is 0 Å². The SMILES string of the molecule is Nc1cnc(N)n1NCCO. The van der Waals surface area contributed by atoms with Crippen LogP contribution < -0.4 is 16.9 Å². The molecule has 0 unspecified atom stereocenters. The minimum atomic E-state index is 0.0249. The summed E-state index contributed by atoms with van der Waals surface area (Å²) in [4.78, 5) is 3.74. The van der Waals surface area contributed by atoms with Crippen LogP contribution in [0, 0.1) is 0 Å². The van der Waals surface area contributed by atoms with E-state index in [0.29, 0.717) is 12.4 Å². The predicted octanol–water partition coefficient (Wildman–Crippen LogP) is -1.42. The summed E-state index contributed by atoms with van der Waals surface area (Å²) in [6.45, 7) is 0.418. The molecule has 0 saturated heterocycles. The van der Waals surface area contributed by atoms with Crippen molar-refractivity contribution in [3.05, 3.63) is 6.20 Å². The summed E-state index contributed by atoms with van der Waals surface area (Å²) in [6.07, 6.45) is 1.44. The van der Waals surface area contributed by atoms with E-state index in [1.54, 1.807) is 0 Å². The predicted molar refractivity (Wildman–Crippen MR) is 42.4 cm³/mol. The number of aliphatic hydroxyl groups is 1. The van der Waals surface area contributed by atoms with Gasteiger partial charge in [0.25, 0.3) is 0 Å². The number of aromatic nitrogens is 2. The van der Waals surface area contributed by atoms with Gasteiger partial charge in [-0.25, -0.2) is 9.66 Å². The molecule has 0 radical (unpaired) electrons. The van der Waals surface area contributed by atoms with E-state index in [4.69, 9.17) is 16.6 Å². The lowest BCUT2D eigenvalue weighted by molar-refractivity contribution is 0.307. The van der Waals surface area contributed by atoms with Crippen molar-refractivity contribution in [3.8, 4) is 0 Å². The maximum atomic E-state index is 8.47. The molecule has 0 atom stereocenters. The van der Waals surface area contributed by atoms with Gasteiger partial charge in [-0.2, -0.15) is 0 Å². The first-order chi connectivity index (χ1) is 5.25. The molecule has 62 valence electrons. The van der Waals surface area contributed by atoms with Crippen molar-refractivity contribution in [2.24, 2.45) is 0 Å². The molecule has 1 aromatic heterocycles.